The second-order valence-corrected chi connectivity index (χ2v) is 9.08. The molecule has 2 fully saturated rings. The molecule has 2 aromatic rings. The molecule has 0 saturated carbocycles. The third-order valence-electron chi connectivity index (χ3n) is 6.71. The number of carbonyl (C=O) groups excluding carboxylic acids is 2. The number of imide groups is 1. The van der Waals surface area contributed by atoms with Crippen molar-refractivity contribution in [2.75, 3.05) is 13.2 Å². The van der Waals surface area contributed by atoms with E-state index in [1.54, 1.807) is 30.3 Å². The van der Waals surface area contributed by atoms with Gasteiger partial charge in [-0.25, -0.2) is 4.79 Å². The Morgan fingerprint density at radius 2 is 1.56 bits per heavy atom. The van der Waals surface area contributed by atoms with Gasteiger partial charge in [0.1, 0.15) is 5.54 Å². The summed E-state index contributed by atoms with van der Waals surface area (Å²) >= 11 is 0. The lowest BCUT2D eigenvalue weighted by atomic mass is 9.76. The zero-order valence-corrected chi connectivity index (χ0v) is 19.0. The maximum absolute atomic E-state index is 13.3. The van der Waals surface area contributed by atoms with Gasteiger partial charge in [0.25, 0.3) is 5.91 Å². The zero-order valence-electron chi connectivity index (χ0n) is 19.0. The van der Waals surface area contributed by atoms with Crippen molar-refractivity contribution in [2.45, 2.75) is 49.3 Å². The maximum atomic E-state index is 13.3. The molecule has 0 aliphatic carbocycles. The molecule has 2 aliphatic heterocycles. The molecule has 2 heterocycles. The first kappa shape index (κ1) is 26.0. The van der Waals surface area contributed by atoms with E-state index in [-0.39, 0.29) is 31.2 Å². The second kappa shape index (κ2) is 9.07. The van der Waals surface area contributed by atoms with Gasteiger partial charge in [-0.2, -0.15) is 26.3 Å². The van der Waals surface area contributed by atoms with Gasteiger partial charge in [0.15, 0.2) is 0 Å². The predicted octanol–water partition coefficient (Wildman–Crippen LogP) is 4.66. The fourth-order valence-corrected chi connectivity index (χ4v) is 4.54. The Bertz CT molecular complexity index is 1110. The van der Waals surface area contributed by atoms with E-state index in [9.17, 15) is 35.9 Å². The van der Waals surface area contributed by atoms with Gasteiger partial charge < -0.3 is 15.4 Å². The van der Waals surface area contributed by atoms with Gasteiger partial charge in [-0.15, -0.1) is 0 Å². The van der Waals surface area contributed by atoms with Gasteiger partial charge in [0.2, 0.25) is 0 Å². The minimum Gasteiger partial charge on any atom is -0.372 e. The first-order valence-corrected chi connectivity index (χ1v) is 11.1. The number of amides is 3. The molecular weight excluding hydrogens is 492 g/mol. The Hall–Kier alpha value is -3.12. The summed E-state index contributed by atoms with van der Waals surface area (Å²) in [6, 6.07) is 9.72. The number of halogens is 6. The lowest BCUT2D eigenvalue weighted by Gasteiger charge is -2.45. The summed E-state index contributed by atoms with van der Waals surface area (Å²) in [4.78, 5) is 24.0. The molecule has 1 spiro atoms. The predicted molar refractivity (Wildman–Crippen MR) is 116 cm³/mol. The fraction of sp³-hybridized carbons (Fsp3) is 0.417. The highest BCUT2D eigenvalue weighted by molar-refractivity contribution is 6.07. The number of ether oxygens (including phenoxy) is 1. The van der Waals surface area contributed by atoms with E-state index in [4.69, 9.17) is 4.74 Å². The van der Waals surface area contributed by atoms with Crippen LogP contribution in [0.4, 0.5) is 31.1 Å². The first-order chi connectivity index (χ1) is 16.7. The highest BCUT2D eigenvalue weighted by Gasteiger charge is 2.52. The zero-order chi connectivity index (χ0) is 26.4. The smallest absolute Gasteiger partial charge is 0.372 e. The second-order valence-electron chi connectivity index (χ2n) is 9.08. The quantitative estimate of drug-likeness (QED) is 0.400. The number of alkyl halides is 6. The molecule has 3 atom stereocenters. The van der Waals surface area contributed by atoms with Crippen LogP contribution in [0.2, 0.25) is 0 Å². The number of nitrogens with one attached hydrogen (secondary N) is 3. The Labute approximate surface area is 202 Å². The van der Waals surface area contributed by atoms with Crippen molar-refractivity contribution in [3.63, 3.8) is 0 Å². The van der Waals surface area contributed by atoms with Crippen molar-refractivity contribution in [2.24, 2.45) is 0 Å². The third kappa shape index (κ3) is 5.05. The molecular formula is C24H23F6N3O3. The molecule has 194 valence electrons. The molecule has 2 aliphatic rings. The monoisotopic (exact) mass is 515 g/mol. The Kier molecular flexibility index (Phi) is 6.54. The number of urea groups is 1. The van der Waals surface area contributed by atoms with E-state index in [1.165, 1.54) is 6.92 Å². The van der Waals surface area contributed by atoms with Crippen molar-refractivity contribution in [1.82, 2.24) is 16.0 Å². The van der Waals surface area contributed by atoms with Gasteiger partial charge in [-0.3, -0.25) is 10.1 Å². The molecule has 2 aromatic carbocycles. The van der Waals surface area contributed by atoms with E-state index in [2.05, 4.69) is 16.0 Å². The molecule has 6 nitrogen and oxygen atoms in total. The Morgan fingerprint density at radius 3 is 2.03 bits per heavy atom. The number of rotatable bonds is 5. The summed E-state index contributed by atoms with van der Waals surface area (Å²) in [7, 11) is 0. The van der Waals surface area contributed by atoms with Gasteiger partial charge in [-0.1, -0.05) is 30.3 Å². The number of hydrogen-bond acceptors (Lipinski definition) is 4. The molecule has 3 N–H and O–H groups in total. The maximum Gasteiger partial charge on any atom is 0.416 e. The summed E-state index contributed by atoms with van der Waals surface area (Å²) in [6.45, 7) is 1.32. The van der Waals surface area contributed by atoms with Gasteiger partial charge in [-0.05, 0) is 49.1 Å². The molecule has 12 heteroatoms. The summed E-state index contributed by atoms with van der Waals surface area (Å²) in [5.74, 6) is -0.473. The number of carbonyl (C=O) groups is 2. The molecule has 0 radical (unpaired) electrons. The highest BCUT2D eigenvalue weighted by atomic mass is 19.4. The van der Waals surface area contributed by atoms with Crippen molar-refractivity contribution < 1.29 is 40.7 Å². The summed E-state index contributed by atoms with van der Waals surface area (Å²) in [5.41, 5.74) is -4.39. The standard InChI is InChI=1S/C24H23F6N3O3/c1-14(15-9-17(23(25,26)27)11-18(10-15)24(28,29)30)36-13-22(16-5-3-2-4-6-16)8-7-21(12-31-22)19(34)32-20(35)33-21/h2-6,9-11,14,31H,7-8,12-13H2,1H3,(H2,32,33,34,35)/t14?,21-,22-/m1/s1. The molecule has 1 unspecified atom stereocenters. The van der Waals surface area contributed by atoms with E-state index in [0.29, 0.717) is 18.6 Å². The van der Waals surface area contributed by atoms with Crippen LogP contribution in [0.5, 0.6) is 0 Å². The Balaban J connectivity index is 1.59. The first-order valence-electron chi connectivity index (χ1n) is 11.1. The minimum absolute atomic E-state index is 0.0546. The highest BCUT2D eigenvalue weighted by Crippen LogP contribution is 2.40. The van der Waals surface area contributed by atoms with Gasteiger partial charge in [0, 0.05) is 6.54 Å². The third-order valence-corrected chi connectivity index (χ3v) is 6.71. The van der Waals surface area contributed by atoms with Gasteiger partial charge in [0.05, 0.1) is 29.4 Å². The van der Waals surface area contributed by atoms with Crippen LogP contribution in [0.3, 0.4) is 0 Å². The molecule has 3 amide bonds. The Morgan fingerprint density at radius 1 is 0.944 bits per heavy atom. The lowest BCUT2D eigenvalue weighted by Crippen LogP contribution is -2.64. The van der Waals surface area contributed by atoms with Crippen molar-refractivity contribution in [1.29, 1.82) is 0 Å². The minimum atomic E-state index is -4.97. The average Bonchev–Trinajstić information content (AvgIpc) is 3.10. The van der Waals surface area contributed by atoms with Crippen LogP contribution < -0.4 is 16.0 Å². The van der Waals surface area contributed by atoms with E-state index >= 15 is 0 Å². The van der Waals surface area contributed by atoms with E-state index < -0.39 is 52.6 Å². The molecule has 36 heavy (non-hydrogen) atoms. The summed E-state index contributed by atoms with van der Waals surface area (Å²) in [6.07, 6.45) is -10.5. The lowest BCUT2D eigenvalue weighted by molar-refractivity contribution is -0.143. The largest absolute Gasteiger partial charge is 0.416 e. The molecule has 4 rings (SSSR count). The number of piperidine rings is 1. The van der Waals surface area contributed by atoms with Crippen LogP contribution in [0.1, 0.15) is 48.1 Å². The van der Waals surface area contributed by atoms with Crippen LogP contribution >= 0.6 is 0 Å². The van der Waals surface area contributed by atoms with Crippen LogP contribution in [0.15, 0.2) is 48.5 Å². The summed E-state index contributed by atoms with van der Waals surface area (Å²) in [5, 5.41) is 8.08. The number of hydrogen-bond donors (Lipinski definition) is 3. The number of benzene rings is 2. The molecule has 2 saturated heterocycles. The normalized spacial score (nSPS) is 25.5. The van der Waals surface area contributed by atoms with Crippen LogP contribution in [-0.2, 0) is 27.4 Å². The van der Waals surface area contributed by atoms with Crippen molar-refractivity contribution in [3.8, 4) is 0 Å². The average molecular weight is 515 g/mol. The van der Waals surface area contributed by atoms with Crippen molar-refractivity contribution >= 4 is 11.9 Å². The van der Waals surface area contributed by atoms with Gasteiger partial charge >= 0.3 is 18.4 Å². The van der Waals surface area contributed by atoms with E-state index in [1.807, 2.05) is 0 Å². The van der Waals surface area contributed by atoms with E-state index in [0.717, 1.165) is 5.56 Å². The fourth-order valence-electron chi connectivity index (χ4n) is 4.54. The summed E-state index contributed by atoms with van der Waals surface area (Å²) < 4.78 is 85.6. The van der Waals surface area contributed by atoms with Crippen LogP contribution in [0, 0.1) is 0 Å². The molecule has 0 bridgehead atoms. The van der Waals surface area contributed by atoms with Crippen molar-refractivity contribution in [3.05, 3.63) is 70.8 Å². The van der Waals surface area contributed by atoms with Crippen LogP contribution in [-0.4, -0.2) is 30.6 Å². The van der Waals surface area contributed by atoms with Crippen LogP contribution in [0.25, 0.3) is 0 Å². The molecule has 0 aromatic heterocycles. The SMILES string of the molecule is CC(OC[C@@]1(c2ccccc2)CC[C@]2(CN1)NC(=O)NC2=O)c1cc(C(F)(F)F)cc(C(F)(F)F)c1. The topological polar surface area (TPSA) is 79.5 Å².